The molecule has 0 aliphatic carbocycles. The highest BCUT2D eigenvalue weighted by Gasteiger charge is 2.29. The summed E-state index contributed by atoms with van der Waals surface area (Å²) in [5, 5.41) is 4.68. The minimum absolute atomic E-state index is 0.0502. The average molecular weight is 323 g/mol. The fraction of sp³-hybridized carbons (Fsp3) is 0.467. The van der Waals surface area contributed by atoms with Crippen LogP contribution in [0.5, 0.6) is 0 Å². The van der Waals surface area contributed by atoms with Crippen molar-refractivity contribution in [1.82, 2.24) is 15.0 Å². The van der Waals surface area contributed by atoms with Crippen molar-refractivity contribution < 1.29 is 9.26 Å². The number of nitrogens with zero attached hydrogens (tertiary/aromatic N) is 3. The smallest absolute Gasteiger partial charge is 0.240 e. The topological polar surface area (TPSA) is 77.4 Å². The van der Waals surface area contributed by atoms with E-state index < -0.39 is 0 Å². The van der Waals surface area contributed by atoms with Crippen LogP contribution in [0.3, 0.4) is 0 Å². The number of hydrogen-bond acceptors (Lipinski definition) is 6. The van der Waals surface area contributed by atoms with Crippen LogP contribution in [0.15, 0.2) is 28.8 Å². The summed E-state index contributed by atoms with van der Waals surface area (Å²) in [6.45, 7) is 4.35. The van der Waals surface area contributed by atoms with E-state index in [4.69, 9.17) is 26.6 Å². The van der Waals surface area contributed by atoms with Gasteiger partial charge in [0.25, 0.3) is 0 Å². The van der Waals surface area contributed by atoms with Crippen LogP contribution in [0.2, 0.25) is 5.02 Å². The van der Waals surface area contributed by atoms with Crippen molar-refractivity contribution >= 4 is 11.6 Å². The average Bonchev–Trinajstić information content (AvgIpc) is 2.98. The molecular weight excluding hydrogens is 304 g/mol. The van der Waals surface area contributed by atoms with Crippen molar-refractivity contribution in [2.24, 2.45) is 5.73 Å². The van der Waals surface area contributed by atoms with E-state index in [0.29, 0.717) is 24.9 Å². The van der Waals surface area contributed by atoms with Gasteiger partial charge in [-0.15, -0.1) is 0 Å². The van der Waals surface area contributed by atoms with E-state index in [1.807, 2.05) is 24.3 Å². The van der Waals surface area contributed by atoms with Gasteiger partial charge in [-0.1, -0.05) is 35.0 Å². The Bertz CT molecular complexity index is 634. The van der Waals surface area contributed by atoms with Gasteiger partial charge in [-0.2, -0.15) is 4.98 Å². The molecular formula is C15H19ClN4O2. The summed E-state index contributed by atoms with van der Waals surface area (Å²) in [7, 11) is 0. The van der Waals surface area contributed by atoms with Crippen molar-refractivity contribution in [3.05, 3.63) is 46.6 Å². The molecule has 1 aliphatic rings. The molecule has 0 amide bonds. The van der Waals surface area contributed by atoms with Crippen LogP contribution < -0.4 is 5.73 Å². The minimum Gasteiger partial charge on any atom is -0.371 e. The molecule has 2 unspecified atom stereocenters. The number of rotatable bonds is 4. The number of ether oxygens (including phenoxy) is 1. The second-order valence-electron chi connectivity index (χ2n) is 5.43. The normalized spacial score (nSPS) is 22.9. The zero-order valence-electron chi connectivity index (χ0n) is 12.4. The van der Waals surface area contributed by atoms with E-state index in [1.165, 1.54) is 0 Å². The molecule has 2 heterocycles. The molecule has 7 heteroatoms. The molecule has 1 aromatic heterocycles. The van der Waals surface area contributed by atoms with Gasteiger partial charge in [0.15, 0.2) is 5.82 Å². The molecule has 0 bridgehead atoms. The Hall–Kier alpha value is -1.47. The van der Waals surface area contributed by atoms with E-state index >= 15 is 0 Å². The number of benzene rings is 1. The Labute approximate surface area is 134 Å². The molecule has 118 valence electrons. The van der Waals surface area contributed by atoms with E-state index in [9.17, 15) is 0 Å². The molecule has 1 saturated heterocycles. The lowest BCUT2D eigenvalue weighted by Gasteiger charge is -2.37. The van der Waals surface area contributed by atoms with Crippen LogP contribution >= 0.6 is 11.6 Å². The summed E-state index contributed by atoms with van der Waals surface area (Å²) in [4.78, 5) is 6.53. The molecule has 3 rings (SSSR count). The molecule has 0 radical (unpaired) electrons. The Morgan fingerprint density at radius 1 is 1.41 bits per heavy atom. The highest BCUT2D eigenvalue weighted by Crippen LogP contribution is 2.30. The summed E-state index contributed by atoms with van der Waals surface area (Å²) < 4.78 is 11.0. The predicted octanol–water partition coefficient (Wildman–Crippen LogP) is 2.14. The number of aromatic nitrogens is 2. The second-order valence-corrected chi connectivity index (χ2v) is 5.84. The van der Waals surface area contributed by atoms with E-state index in [0.717, 1.165) is 17.1 Å². The molecule has 2 atom stereocenters. The van der Waals surface area contributed by atoms with Crippen molar-refractivity contribution in [1.29, 1.82) is 0 Å². The fourth-order valence-corrected chi connectivity index (χ4v) is 2.83. The zero-order valence-corrected chi connectivity index (χ0v) is 13.2. The van der Waals surface area contributed by atoms with Crippen LogP contribution in [0, 0.1) is 0 Å². The van der Waals surface area contributed by atoms with Gasteiger partial charge in [0.2, 0.25) is 5.89 Å². The Kier molecular flexibility index (Phi) is 4.73. The number of nitrogens with two attached hydrogens (primary N) is 1. The van der Waals surface area contributed by atoms with Crippen molar-refractivity contribution in [3.63, 3.8) is 0 Å². The zero-order chi connectivity index (χ0) is 15.5. The summed E-state index contributed by atoms with van der Waals surface area (Å²) in [5.74, 6) is 1.10. The summed E-state index contributed by atoms with van der Waals surface area (Å²) in [6.07, 6.45) is -0.0502. The Morgan fingerprint density at radius 2 is 2.23 bits per heavy atom. The van der Waals surface area contributed by atoms with Gasteiger partial charge in [-0.3, -0.25) is 4.90 Å². The van der Waals surface area contributed by atoms with Crippen molar-refractivity contribution in [2.45, 2.75) is 32.2 Å². The van der Waals surface area contributed by atoms with Crippen molar-refractivity contribution in [3.8, 4) is 0 Å². The monoisotopic (exact) mass is 322 g/mol. The third kappa shape index (κ3) is 3.30. The maximum atomic E-state index is 6.27. The third-order valence-corrected chi connectivity index (χ3v) is 4.19. The van der Waals surface area contributed by atoms with Gasteiger partial charge >= 0.3 is 0 Å². The van der Waals surface area contributed by atoms with Gasteiger partial charge in [0, 0.05) is 23.2 Å². The van der Waals surface area contributed by atoms with Crippen molar-refractivity contribution in [2.75, 3.05) is 13.2 Å². The molecule has 0 spiro atoms. The maximum Gasteiger partial charge on any atom is 0.240 e. The molecule has 2 aromatic rings. The van der Waals surface area contributed by atoms with Crippen LogP contribution in [0.1, 0.15) is 30.3 Å². The van der Waals surface area contributed by atoms with Crippen LogP contribution in [-0.2, 0) is 17.8 Å². The van der Waals surface area contributed by atoms with Gasteiger partial charge in [0.05, 0.1) is 25.8 Å². The summed E-state index contributed by atoms with van der Waals surface area (Å²) in [6, 6.07) is 8.05. The van der Waals surface area contributed by atoms with Gasteiger partial charge in [0.1, 0.15) is 0 Å². The van der Waals surface area contributed by atoms with Gasteiger partial charge in [-0.25, -0.2) is 0 Å². The molecule has 6 nitrogen and oxygen atoms in total. The highest BCUT2D eigenvalue weighted by molar-refractivity contribution is 6.31. The molecule has 2 N–H and O–H groups in total. The minimum atomic E-state index is -0.0502. The largest absolute Gasteiger partial charge is 0.371 e. The first-order chi connectivity index (χ1) is 10.7. The number of morpholine rings is 1. The van der Waals surface area contributed by atoms with Crippen LogP contribution in [-0.4, -0.2) is 34.2 Å². The maximum absolute atomic E-state index is 6.27. The van der Waals surface area contributed by atoms with E-state index in [1.54, 1.807) is 0 Å². The van der Waals surface area contributed by atoms with E-state index in [2.05, 4.69) is 22.0 Å². The van der Waals surface area contributed by atoms with Gasteiger partial charge in [-0.05, 0) is 13.0 Å². The van der Waals surface area contributed by atoms with Crippen LogP contribution in [0.4, 0.5) is 0 Å². The third-order valence-electron chi connectivity index (χ3n) is 3.84. The summed E-state index contributed by atoms with van der Waals surface area (Å²) in [5.41, 5.74) is 6.50. The second kappa shape index (κ2) is 6.75. The number of halogens is 1. The molecule has 1 fully saturated rings. The molecule has 1 aliphatic heterocycles. The first kappa shape index (κ1) is 15.4. The quantitative estimate of drug-likeness (QED) is 0.929. The van der Waals surface area contributed by atoms with E-state index in [-0.39, 0.29) is 18.7 Å². The lowest BCUT2D eigenvalue weighted by molar-refractivity contribution is -0.0641. The first-order valence-electron chi connectivity index (χ1n) is 7.29. The number of hydrogen-bond donors (Lipinski definition) is 1. The Morgan fingerprint density at radius 3 is 2.95 bits per heavy atom. The molecule has 1 aromatic carbocycles. The first-order valence-corrected chi connectivity index (χ1v) is 7.66. The fourth-order valence-electron chi connectivity index (χ4n) is 2.57. The standard InChI is InChI=1S/C15H19ClN4O2/c1-10-9-21-13(11-4-2-3-5-12(11)16)7-20(10)8-14-18-15(6-17)22-19-14/h2-5,10,13H,6-9,17H2,1H3. The SMILES string of the molecule is CC1COC(c2ccccc2Cl)CN1Cc1noc(CN)n1. The molecule has 22 heavy (non-hydrogen) atoms. The molecule has 0 saturated carbocycles. The lowest BCUT2D eigenvalue weighted by atomic mass is 10.1. The summed E-state index contributed by atoms with van der Waals surface area (Å²) >= 11 is 6.27. The Balaban J connectivity index is 1.72. The van der Waals surface area contributed by atoms with Gasteiger partial charge < -0.3 is 15.0 Å². The predicted molar refractivity (Wildman–Crippen MR) is 82.2 cm³/mol. The highest BCUT2D eigenvalue weighted by atomic mass is 35.5. The lowest BCUT2D eigenvalue weighted by Crippen LogP contribution is -2.44. The van der Waals surface area contributed by atoms with Crippen LogP contribution in [0.25, 0.3) is 0 Å².